The quantitative estimate of drug-likeness (QED) is 0.787. The fourth-order valence-electron chi connectivity index (χ4n) is 1.90. The normalized spacial score (nSPS) is 12.1. The van der Waals surface area contributed by atoms with Crippen LogP contribution in [0.5, 0.6) is 0 Å². The van der Waals surface area contributed by atoms with Crippen molar-refractivity contribution in [2.75, 3.05) is 6.26 Å². The zero-order chi connectivity index (χ0) is 13.6. The number of para-hydroxylation sites is 1. The van der Waals surface area contributed by atoms with Crippen molar-refractivity contribution in [1.82, 2.24) is 15.0 Å². The van der Waals surface area contributed by atoms with Gasteiger partial charge in [-0.25, -0.2) is 18.4 Å². The number of thiazole rings is 1. The second kappa shape index (κ2) is 4.14. The average Bonchev–Trinajstić information content (AvgIpc) is 2.92. The predicted octanol–water partition coefficient (Wildman–Crippen LogP) is 2.40. The smallest absolute Gasteiger partial charge is 0.177 e. The number of fused-ring (bicyclic) bond motifs is 1. The standard InChI is InChI=1S/C12H11N3O2S2/c1-7-13-9(6-18-7)12-14-8-4-3-5-10(11(8)15-12)19(2,16)17/h3-6H,1-2H3,(H,14,15). The van der Waals surface area contributed by atoms with Gasteiger partial charge in [0.1, 0.15) is 11.2 Å². The number of nitrogens with one attached hydrogen (secondary N) is 1. The van der Waals surface area contributed by atoms with Crippen LogP contribution in [0, 0.1) is 6.92 Å². The van der Waals surface area contributed by atoms with Crippen molar-refractivity contribution in [1.29, 1.82) is 0 Å². The van der Waals surface area contributed by atoms with Gasteiger partial charge in [-0.1, -0.05) is 6.07 Å². The molecule has 0 fully saturated rings. The molecule has 0 saturated heterocycles. The number of aromatic amines is 1. The Morgan fingerprint density at radius 3 is 2.68 bits per heavy atom. The number of H-pyrrole nitrogens is 1. The molecule has 2 aromatic heterocycles. The molecule has 1 aromatic carbocycles. The first-order chi connectivity index (χ1) is 8.95. The van der Waals surface area contributed by atoms with Crippen molar-refractivity contribution in [2.24, 2.45) is 0 Å². The molecule has 0 spiro atoms. The molecule has 0 aliphatic rings. The summed E-state index contributed by atoms with van der Waals surface area (Å²) in [5, 5.41) is 2.84. The minimum absolute atomic E-state index is 0.236. The topological polar surface area (TPSA) is 75.7 Å². The van der Waals surface area contributed by atoms with E-state index in [0.29, 0.717) is 16.9 Å². The predicted molar refractivity (Wildman–Crippen MR) is 75.0 cm³/mol. The Labute approximate surface area is 114 Å². The minimum Gasteiger partial charge on any atom is -0.337 e. The molecule has 0 saturated carbocycles. The lowest BCUT2D eigenvalue weighted by Gasteiger charge is -1.97. The molecule has 5 nitrogen and oxygen atoms in total. The van der Waals surface area contributed by atoms with Crippen molar-refractivity contribution in [2.45, 2.75) is 11.8 Å². The van der Waals surface area contributed by atoms with Crippen molar-refractivity contribution in [3.8, 4) is 11.5 Å². The Hall–Kier alpha value is -1.73. The Kier molecular flexibility index (Phi) is 2.68. The van der Waals surface area contributed by atoms with Gasteiger partial charge in [0, 0.05) is 11.6 Å². The molecule has 0 aliphatic heterocycles. The fourth-order valence-corrected chi connectivity index (χ4v) is 3.33. The van der Waals surface area contributed by atoms with Gasteiger partial charge in [0.15, 0.2) is 15.7 Å². The number of imidazole rings is 1. The number of hydrogen-bond donors (Lipinski definition) is 1. The minimum atomic E-state index is -3.29. The number of benzene rings is 1. The molecule has 0 unspecified atom stereocenters. The third-order valence-corrected chi connectivity index (χ3v) is 4.64. The van der Waals surface area contributed by atoms with Gasteiger partial charge in [0.05, 0.1) is 15.4 Å². The lowest BCUT2D eigenvalue weighted by atomic mass is 10.3. The van der Waals surface area contributed by atoms with E-state index in [1.807, 2.05) is 12.3 Å². The van der Waals surface area contributed by atoms with Crippen molar-refractivity contribution < 1.29 is 8.42 Å². The van der Waals surface area contributed by atoms with Crippen LogP contribution in [0.15, 0.2) is 28.5 Å². The highest BCUT2D eigenvalue weighted by Crippen LogP contribution is 2.26. The third-order valence-electron chi connectivity index (χ3n) is 2.74. The zero-order valence-corrected chi connectivity index (χ0v) is 12.0. The molecule has 0 radical (unpaired) electrons. The highest BCUT2D eigenvalue weighted by atomic mass is 32.2. The largest absolute Gasteiger partial charge is 0.337 e. The summed E-state index contributed by atoms with van der Waals surface area (Å²) in [6, 6.07) is 5.07. The first-order valence-electron chi connectivity index (χ1n) is 5.56. The molecule has 0 atom stereocenters. The lowest BCUT2D eigenvalue weighted by molar-refractivity contribution is 0.602. The van der Waals surface area contributed by atoms with E-state index >= 15 is 0 Å². The van der Waals surface area contributed by atoms with E-state index in [0.717, 1.165) is 10.7 Å². The molecule has 2 heterocycles. The monoisotopic (exact) mass is 293 g/mol. The zero-order valence-electron chi connectivity index (χ0n) is 10.3. The van der Waals surface area contributed by atoms with Crippen LogP contribution in [0.2, 0.25) is 0 Å². The summed E-state index contributed by atoms with van der Waals surface area (Å²) in [4.78, 5) is 12.1. The van der Waals surface area contributed by atoms with E-state index in [1.165, 1.54) is 17.6 Å². The molecule has 7 heteroatoms. The number of nitrogens with zero attached hydrogens (tertiary/aromatic N) is 2. The summed E-state index contributed by atoms with van der Waals surface area (Å²) >= 11 is 1.53. The Morgan fingerprint density at radius 1 is 1.26 bits per heavy atom. The molecule has 3 aromatic rings. The van der Waals surface area contributed by atoms with Gasteiger partial charge in [-0.15, -0.1) is 11.3 Å². The molecular formula is C12H11N3O2S2. The number of aryl methyl sites for hydroxylation is 1. The van der Waals surface area contributed by atoms with Gasteiger partial charge in [0.25, 0.3) is 0 Å². The molecule has 0 bridgehead atoms. The third kappa shape index (κ3) is 2.15. The number of aromatic nitrogens is 3. The summed E-state index contributed by atoms with van der Waals surface area (Å²) < 4.78 is 23.5. The van der Waals surface area contributed by atoms with Gasteiger partial charge >= 0.3 is 0 Å². The Bertz CT molecular complexity index is 862. The van der Waals surface area contributed by atoms with Gasteiger partial charge in [-0.3, -0.25) is 0 Å². The van der Waals surface area contributed by atoms with Gasteiger partial charge < -0.3 is 4.98 Å². The van der Waals surface area contributed by atoms with E-state index in [-0.39, 0.29) is 4.90 Å². The molecule has 3 rings (SSSR count). The first-order valence-corrected chi connectivity index (χ1v) is 8.33. The van der Waals surface area contributed by atoms with Gasteiger partial charge in [-0.2, -0.15) is 0 Å². The summed E-state index contributed by atoms with van der Waals surface area (Å²) in [6.45, 7) is 1.92. The molecule has 98 valence electrons. The van der Waals surface area contributed by atoms with Gasteiger partial charge in [-0.05, 0) is 19.1 Å². The van der Waals surface area contributed by atoms with Crippen LogP contribution in [-0.2, 0) is 9.84 Å². The fraction of sp³-hybridized carbons (Fsp3) is 0.167. The van der Waals surface area contributed by atoms with E-state index in [9.17, 15) is 8.42 Å². The second-order valence-corrected chi connectivity index (χ2v) is 7.31. The molecule has 0 aliphatic carbocycles. The molecule has 19 heavy (non-hydrogen) atoms. The van der Waals surface area contributed by atoms with E-state index in [4.69, 9.17) is 0 Å². The van der Waals surface area contributed by atoms with Crippen LogP contribution < -0.4 is 0 Å². The van der Waals surface area contributed by atoms with E-state index in [2.05, 4.69) is 15.0 Å². The Balaban J connectivity index is 2.27. The summed E-state index contributed by atoms with van der Waals surface area (Å²) in [5.41, 5.74) is 1.90. The van der Waals surface area contributed by atoms with E-state index < -0.39 is 9.84 Å². The summed E-state index contributed by atoms with van der Waals surface area (Å²) in [5.74, 6) is 0.593. The summed E-state index contributed by atoms with van der Waals surface area (Å²) in [6.07, 6.45) is 1.18. The maximum atomic E-state index is 11.7. The van der Waals surface area contributed by atoms with Crippen LogP contribution in [-0.4, -0.2) is 29.6 Å². The van der Waals surface area contributed by atoms with Crippen molar-refractivity contribution in [3.05, 3.63) is 28.6 Å². The summed E-state index contributed by atoms with van der Waals surface area (Å²) in [7, 11) is -3.29. The van der Waals surface area contributed by atoms with Crippen molar-refractivity contribution >= 4 is 32.2 Å². The van der Waals surface area contributed by atoms with Gasteiger partial charge in [0.2, 0.25) is 0 Å². The average molecular weight is 293 g/mol. The van der Waals surface area contributed by atoms with Crippen LogP contribution >= 0.6 is 11.3 Å². The van der Waals surface area contributed by atoms with Crippen LogP contribution in [0.25, 0.3) is 22.6 Å². The SMILES string of the molecule is Cc1nc(-c2nc3c(S(C)(=O)=O)cccc3[nH]2)cs1. The first kappa shape index (κ1) is 12.3. The maximum Gasteiger partial charge on any atom is 0.177 e. The van der Waals surface area contributed by atoms with Crippen LogP contribution in [0.1, 0.15) is 5.01 Å². The Morgan fingerprint density at radius 2 is 2.05 bits per heavy atom. The van der Waals surface area contributed by atoms with Crippen molar-refractivity contribution in [3.63, 3.8) is 0 Å². The highest BCUT2D eigenvalue weighted by Gasteiger charge is 2.16. The second-order valence-electron chi connectivity index (χ2n) is 4.26. The molecule has 1 N–H and O–H groups in total. The van der Waals surface area contributed by atoms with E-state index in [1.54, 1.807) is 18.2 Å². The number of rotatable bonds is 2. The number of hydrogen-bond acceptors (Lipinski definition) is 5. The highest BCUT2D eigenvalue weighted by molar-refractivity contribution is 7.91. The van der Waals surface area contributed by atoms with Crippen LogP contribution in [0.3, 0.4) is 0 Å². The molecule has 0 amide bonds. The molecular weight excluding hydrogens is 282 g/mol. The van der Waals surface area contributed by atoms with Crippen LogP contribution in [0.4, 0.5) is 0 Å². The maximum absolute atomic E-state index is 11.7. The lowest BCUT2D eigenvalue weighted by Crippen LogP contribution is -1.97. The number of sulfone groups is 1.